The Morgan fingerprint density at radius 3 is 2.25 bits per heavy atom. The predicted molar refractivity (Wildman–Crippen MR) is 35.0 cm³/mol. The van der Waals surface area contributed by atoms with Crippen molar-refractivity contribution in [2.24, 2.45) is 0 Å². The number of hydrogen-bond donors (Lipinski definition) is 0. The zero-order valence-electron chi connectivity index (χ0n) is 1.98. The van der Waals surface area contributed by atoms with Crippen molar-refractivity contribution in [2.75, 3.05) is 0 Å². The van der Waals surface area contributed by atoms with Crippen LogP contribution < -0.4 is 0 Å². The maximum absolute atomic E-state index is 3.56. The summed E-state index contributed by atoms with van der Waals surface area (Å²) in [6, 6.07) is 0. The molecule has 0 rings (SSSR count). The third-order valence-electron chi connectivity index (χ3n) is 0.0535. The molecule has 0 radical (unpaired) electrons. The molecule has 0 aromatic rings. The predicted octanol–water partition coefficient (Wildman–Crippen LogP) is 2.58. The van der Waals surface area contributed by atoms with Gasteiger partial charge in [-0.15, -0.1) is 0 Å². The second kappa shape index (κ2) is 4.33. The summed E-state index contributed by atoms with van der Waals surface area (Å²) < 4.78 is 0. The molecule has 0 spiro atoms. The van der Waals surface area contributed by atoms with Gasteiger partial charge < -0.3 is 0 Å². The van der Waals surface area contributed by atoms with E-state index in [1.54, 1.807) is 0 Å². The first kappa shape index (κ1) is 5.33. The van der Waals surface area contributed by atoms with Crippen LogP contribution in [0.2, 0.25) is 0 Å². The van der Waals surface area contributed by atoms with Gasteiger partial charge in [0, 0.05) is 0 Å². The van der Waals surface area contributed by atoms with Gasteiger partial charge in [0.15, 0.2) is 0 Å². The first-order valence-corrected chi connectivity index (χ1v) is 6.15. The quantitative estimate of drug-likeness (QED) is 0.419. The fourth-order valence-electron chi connectivity index (χ4n) is 0. The molecule has 0 heterocycles. The van der Waals surface area contributed by atoms with E-state index in [0.717, 1.165) is 0 Å². The van der Waals surface area contributed by atoms with E-state index in [2.05, 4.69) is 28.3 Å². The van der Waals surface area contributed by atoms with Gasteiger partial charge in [0.05, 0.1) is 0 Å². The molecule has 0 amide bonds. The molecule has 22 valence electrons. The molecular formula is CH2IP2+. The molecule has 3 heteroatoms. The Morgan fingerprint density at radius 1 is 2.00 bits per heavy atom. The molecule has 0 fully saturated rings. The van der Waals surface area contributed by atoms with Crippen LogP contribution >= 0.6 is 35.0 Å². The van der Waals surface area contributed by atoms with Crippen molar-refractivity contribution >= 4 is 41.3 Å². The minimum absolute atomic E-state index is 1.21. The van der Waals surface area contributed by atoms with Crippen LogP contribution in [0.1, 0.15) is 0 Å². The number of hydrogen-bond acceptors (Lipinski definition) is 0. The van der Waals surface area contributed by atoms with E-state index in [4.69, 9.17) is 0 Å². The Kier molecular flexibility index (Phi) is 5.77. The van der Waals surface area contributed by atoms with Crippen molar-refractivity contribution in [2.45, 2.75) is 0 Å². The van der Waals surface area contributed by atoms with Crippen LogP contribution in [-0.4, -0.2) is 6.30 Å². The van der Waals surface area contributed by atoms with Crippen LogP contribution in [0, 0.1) is 0 Å². The third-order valence-corrected chi connectivity index (χ3v) is 3.23. The Labute approximate surface area is 41.5 Å². The van der Waals surface area contributed by atoms with Gasteiger partial charge in [-0.1, -0.05) is 0 Å². The van der Waals surface area contributed by atoms with E-state index in [-0.39, 0.29) is 0 Å². The zero-order valence-corrected chi connectivity index (χ0v) is 5.93. The van der Waals surface area contributed by atoms with Crippen LogP contribution in [0.25, 0.3) is 0 Å². The molecule has 4 heavy (non-hydrogen) atoms. The van der Waals surface area contributed by atoms with Crippen LogP contribution in [0.4, 0.5) is 0 Å². The van der Waals surface area contributed by atoms with Crippen molar-refractivity contribution in [1.29, 1.82) is 0 Å². The first-order valence-electron chi connectivity index (χ1n) is 0.685. The van der Waals surface area contributed by atoms with Crippen LogP contribution in [-0.2, 0) is 0 Å². The molecule has 0 nitrogen and oxygen atoms in total. The third kappa shape index (κ3) is 3.33. The molecule has 0 aliphatic heterocycles. The Morgan fingerprint density at radius 2 is 2.25 bits per heavy atom. The minimum atomic E-state index is 1.21. The van der Waals surface area contributed by atoms with Gasteiger partial charge in [-0.25, -0.2) is 0 Å². The Bertz CT molecular complexity index is 44.0. The van der Waals surface area contributed by atoms with Crippen molar-refractivity contribution in [3.05, 3.63) is 0 Å². The van der Waals surface area contributed by atoms with E-state index in [1.165, 1.54) is 13.0 Å². The Balaban J connectivity index is 3.11. The second-order valence-corrected chi connectivity index (χ2v) is 5.84. The molecule has 0 unspecified atom stereocenters. The van der Waals surface area contributed by atoms with Crippen LogP contribution in [0.15, 0.2) is 0 Å². The van der Waals surface area contributed by atoms with E-state index >= 15 is 0 Å². The van der Waals surface area contributed by atoms with Crippen LogP contribution in [0.3, 0.4) is 0 Å². The summed E-state index contributed by atoms with van der Waals surface area (Å²) in [5.41, 5.74) is 1.33. The van der Waals surface area contributed by atoms with Gasteiger partial charge in [0.25, 0.3) is 0 Å². The molecule has 0 N–H and O–H groups in total. The van der Waals surface area contributed by atoms with Crippen molar-refractivity contribution in [3.63, 3.8) is 0 Å². The molecule has 0 atom stereocenters. The summed E-state index contributed by atoms with van der Waals surface area (Å²) in [5, 5.41) is 0. The molecular weight excluding hydrogens is 201 g/mol. The summed E-state index contributed by atoms with van der Waals surface area (Å²) in [5.74, 6) is 0. The van der Waals surface area contributed by atoms with Gasteiger partial charge in [-0.05, 0) is 0 Å². The normalized spacial score (nSPS) is 7.25. The van der Waals surface area contributed by atoms with Crippen molar-refractivity contribution in [3.8, 4) is 0 Å². The summed E-state index contributed by atoms with van der Waals surface area (Å²) in [6.45, 7) is 0. The van der Waals surface area contributed by atoms with E-state index in [0.29, 0.717) is 0 Å². The Hall–Kier alpha value is 1.33. The summed E-state index contributed by atoms with van der Waals surface area (Å²) in [7, 11) is 1.21. The molecule has 0 saturated heterocycles. The molecule has 0 bridgehead atoms. The van der Waals surface area contributed by atoms with Gasteiger partial charge >= 0.3 is 41.3 Å². The van der Waals surface area contributed by atoms with Gasteiger partial charge in [0.2, 0.25) is 0 Å². The average Bonchev–Trinajstić information content (AvgIpc) is 1.37. The molecule has 0 saturated carbocycles. The molecule has 0 aliphatic carbocycles. The van der Waals surface area contributed by atoms with Gasteiger partial charge in [0.1, 0.15) is 0 Å². The first-order chi connectivity index (χ1) is 1.91. The number of rotatable bonds is 0. The van der Waals surface area contributed by atoms with E-state index < -0.39 is 0 Å². The fraction of sp³-hybridized carbons (Fsp3) is 0. The number of halogens is 1. The van der Waals surface area contributed by atoms with Gasteiger partial charge in [-0.3, -0.25) is 0 Å². The van der Waals surface area contributed by atoms with E-state index in [1.807, 2.05) is 0 Å². The van der Waals surface area contributed by atoms with Gasteiger partial charge in [-0.2, -0.15) is 0 Å². The molecule has 0 aliphatic rings. The van der Waals surface area contributed by atoms with Crippen molar-refractivity contribution < 1.29 is 0 Å². The SMILES string of the molecule is C=[P+]=PI. The van der Waals surface area contributed by atoms with Crippen LogP contribution in [0.5, 0.6) is 0 Å². The van der Waals surface area contributed by atoms with E-state index in [9.17, 15) is 0 Å². The summed E-state index contributed by atoms with van der Waals surface area (Å²) in [4.78, 5) is 0. The summed E-state index contributed by atoms with van der Waals surface area (Å²) in [6.07, 6.45) is 3.56. The average molecular weight is 203 g/mol. The standard InChI is InChI=1S/CH2IP2/c1-3-4-2/h1H2/q+1. The fourth-order valence-corrected chi connectivity index (χ4v) is 0. The summed E-state index contributed by atoms with van der Waals surface area (Å²) >= 11 is 2.25. The topological polar surface area (TPSA) is 0 Å². The molecule has 0 aromatic heterocycles. The van der Waals surface area contributed by atoms with Crippen molar-refractivity contribution in [1.82, 2.24) is 0 Å². The molecule has 0 aromatic carbocycles. The monoisotopic (exact) mass is 203 g/mol. The second-order valence-electron chi connectivity index (χ2n) is 0.217. The zero-order chi connectivity index (χ0) is 3.41. The maximum atomic E-state index is 3.56.